The van der Waals surface area contributed by atoms with Gasteiger partial charge in [0.25, 0.3) is 0 Å². The third-order valence-corrected chi connectivity index (χ3v) is 24.7. The van der Waals surface area contributed by atoms with Crippen LogP contribution < -0.4 is 0 Å². The van der Waals surface area contributed by atoms with Crippen LogP contribution in [-0.2, 0) is 31.9 Å². The number of benzene rings is 2. The molecule has 0 amide bonds. The molecule has 16 atom stereocenters. The number of rotatable bonds is 12. The van der Waals surface area contributed by atoms with Crippen molar-refractivity contribution >= 4 is 33.5 Å². The summed E-state index contributed by atoms with van der Waals surface area (Å²) in [4.78, 5) is 28.9. The third-order valence-electron chi connectivity index (χ3n) is 22.1. The smallest absolute Gasteiger partial charge is 0.331 e. The molecule has 10 rings (SSSR count). The molecule has 5 aliphatic carbocycles. The number of ether oxygens (including phenoxy) is 2. The minimum Gasteiger partial charge on any atom is -0.462 e. The zero-order valence-electron chi connectivity index (χ0n) is 45.5. The van der Waals surface area contributed by atoms with Crippen LogP contribution in [0, 0.1) is 80.3 Å². The summed E-state index contributed by atoms with van der Waals surface area (Å²) in [5, 5.41) is 42.2. The highest BCUT2D eigenvalue weighted by atomic mass is 33.1. The molecular formula is C65H90O7S2. The molecule has 2 aromatic carbocycles. The van der Waals surface area contributed by atoms with E-state index in [1.807, 2.05) is 21.6 Å². The number of hydrogen-bond donors (Lipinski definition) is 3. The molecule has 6 fully saturated rings. The molecule has 2 spiro atoms. The van der Waals surface area contributed by atoms with E-state index in [1.165, 1.54) is 62.5 Å². The number of carbonyl (C=O) groups excluding carboxylic acids is 2. The van der Waals surface area contributed by atoms with E-state index >= 15 is 4.79 Å². The summed E-state index contributed by atoms with van der Waals surface area (Å²) in [6, 6.07) is 21.6. The van der Waals surface area contributed by atoms with Gasteiger partial charge >= 0.3 is 11.9 Å². The molecule has 0 radical (unpaired) electrons. The van der Waals surface area contributed by atoms with Crippen molar-refractivity contribution in [2.75, 3.05) is 18.1 Å². The van der Waals surface area contributed by atoms with Crippen LogP contribution in [0.4, 0.5) is 0 Å². The van der Waals surface area contributed by atoms with E-state index in [4.69, 9.17) is 9.47 Å². The zero-order valence-corrected chi connectivity index (χ0v) is 47.1. The first-order valence-corrected chi connectivity index (χ1v) is 32.1. The summed E-state index contributed by atoms with van der Waals surface area (Å²) in [5.74, 6) is 10.3. The number of esters is 2. The Kier molecular flexibility index (Phi) is 16.6. The SMILES string of the molecule is CCCCC[C@H]1CCC[C@]12CC[C@@H]([C@]1(C)CC[C@H](O)[C@@]34[C@@H](O)CC[C@@H](C)C[C@H](Cc5ccccc5)CSSC[C@H]5CC[C@H](Cc6ccccc6)C[C@]56CC#C[C@@](C)(C[C@@H](OC6=O)[C@@H]13)[C@]4(O)CCC1=CC(=O)OC1)C2. The van der Waals surface area contributed by atoms with Crippen LogP contribution >= 0.6 is 21.6 Å². The number of carbonyl (C=O) groups is 2. The summed E-state index contributed by atoms with van der Waals surface area (Å²) < 4.78 is 13.0. The summed E-state index contributed by atoms with van der Waals surface area (Å²) in [6.45, 7) is 9.32. The topological polar surface area (TPSA) is 113 Å². The Morgan fingerprint density at radius 3 is 2.23 bits per heavy atom. The first-order chi connectivity index (χ1) is 35.7. The van der Waals surface area contributed by atoms with Crippen molar-refractivity contribution in [1.29, 1.82) is 0 Å². The standard InChI is InChI=1S/C65H90O7S2/c1-5-6-9-20-51-21-14-30-62(51)33-27-52(40-62)61(4)32-28-56(67)65-55(66)25-22-45(2)35-50(37-47-18-12-8-13-19-47)43-73-74-44-53-24-23-48(36-46-16-10-7-11-17-46)39-63(53)31-15-29-60(3,41-54(58(61)65)72-59(63)69)64(65,70)34-26-49-38-57(68)71-42-49/h7-8,10-13,16-19,38,45,48,50-56,58,66-67,70H,5-6,9,14,20-28,30-37,39-44H2,1-4H3/t45-,48-,50-,51+,52-,53-,54-,55+,56+,58+,60+,61+,62-,63-,64-,65+/m1/s1. The predicted octanol–water partition coefficient (Wildman–Crippen LogP) is 13.7. The summed E-state index contributed by atoms with van der Waals surface area (Å²) in [7, 11) is 3.90. The van der Waals surface area contributed by atoms with Crippen LogP contribution in [0.2, 0.25) is 0 Å². The fourth-order valence-corrected chi connectivity index (χ4v) is 21.3. The van der Waals surface area contributed by atoms with Gasteiger partial charge in [-0.25, -0.2) is 4.79 Å². The molecule has 4 bridgehead atoms. The number of fused-ring (bicyclic) bond motifs is 2. The number of hydrogen-bond acceptors (Lipinski definition) is 9. The average molecular weight is 1050 g/mol. The molecule has 9 heteroatoms. The van der Waals surface area contributed by atoms with Gasteiger partial charge in [0.2, 0.25) is 0 Å². The molecule has 0 aromatic heterocycles. The number of cyclic esters (lactones) is 1. The van der Waals surface area contributed by atoms with Gasteiger partial charge in [-0.3, -0.25) is 4.79 Å². The minimum absolute atomic E-state index is 0.0489. The van der Waals surface area contributed by atoms with Crippen molar-refractivity contribution in [2.24, 2.45) is 68.5 Å². The molecule has 3 heterocycles. The largest absolute Gasteiger partial charge is 0.462 e. The average Bonchev–Trinajstić information content (AvgIpc) is 4.14. The van der Waals surface area contributed by atoms with Crippen molar-refractivity contribution in [1.82, 2.24) is 0 Å². The fourth-order valence-electron chi connectivity index (χ4n) is 18.3. The molecule has 2 aromatic rings. The Morgan fingerprint density at radius 2 is 1.50 bits per heavy atom. The van der Waals surface area contributed by atoms with Crippen molar-refractivity contribution in [3.63, 3.8) is 0 Å². The van der Waals surface area contributed by atoms with Gasteiger partial charge in [0.1, 0.15) is 12.7 Å². The van der Waals surface area contributed by atoms with Crippen LogP contribution in [0.5, 0.6) is 0 Å². The maximum atomic E-state index is 16.3. The van der Waals surface area contributed by atoms with Crippen LogP contribution in [0.25, 0.3) is 0 Å². The normalized spacial score (nSPS) is 42.5. The second kappa shape index (κ2) is 22.5. The molecular weight excluding hydrogens is 957 g/mol. The predicted molar refractivity (Wildman–Crippen MR) is 300 cm³/mol. The lowest BCUT2D eigenvalue weighted by Gasteiger charge is -2.71. The van der Waals surface area contributed by atoms with Gasteiger partial charge < -0.3 is 24.8 Å². The molecule has 0 unspecified atom stereocenters. The molecule has 5 saturated carbocycles. The number of aliphatic hydroxyl groups is 3. The highest BCUT2D eigenvalue weighted by Crippen LogP contribution is 2.74. The summed E-state index contributed by atoms with van der Waals surface area (Å²) >= 11 is 0. The Morgan fingerprint density at radius 1 is 0.770 bits per heavy atom. The van der Waals surface area contributed by atoms with Gasteiger partial charge in [-0.15, -0.1) is 5.92 Å². The molecule has 1 saturated heterocycles. The first kappa shape index (κ1) is 54.6. The highest BCUT2D eigenvalue weighted by Gasteiger charge is 2.78. The summed E-state index contributed by atoms with van der Waals surface area (Å²) in [6.07, 6.45) is 20.1. The number of unbranched alkanes of at least 4 members (excludes halogenated alkanes) is 2. The second-order valence-electron chi connectivity index (χ2n) is 26.3. The minimum atomic E-state index is -1.73. The Bertz CT molecular complexity index is 2370. The molecule has 404 valence electrons. The van der Waals surface area contributed by atoms with Gasteiger partial charge in [0, 0.05) is 36.3 Å². The quantitative estimate of drug-likeness (QED) is 0.0828. The van der Waals surface area contributed by atoms with E-state index in [0.717, 1.165) is 74.9 Å². The van der Waals surface area contributed by atoms with E-state index in [2.05, 4.69) is 100 Å². The van der Waals surface area contributed by atoms with Gasteiger partial charge in [0.15, 0.2) is 0 Å². The second-order valence-corrected chi connectivity index (χ2v) is 28.9. The summed E-state index contributed by atoms with van der Waals surface area (Å²) in [5.41, 5.74) is -2.00. The lowest BCUT2D eigenvalue weighted by atomic mass is 9.35. The maximum Gasteiger partial charge on any atom is 0.331 e. The van der Waals surface area contributed by atoms with Gasteiger partial charge in [0.05, 0.1) is 34.1 Å². The van der Waals surface area contributed by atoms with E-state index in [9.17, 15) is 20.1 Å². The van der Waals surface area contributed by atoms with Crippen molar-refractivity contribution in [2.45, 2.75) is 206 Å². The lowest BCUT2D eigenvalue weighted by molar-refractivity contribution is -0.338. The van der Waals surface area contributed by atoms with Gasteiger partial charge in [-0.2, -0.15) is 0 Å². The van der Waals surface area contributed by atoms with Crippen LogP contribution in [0.15, 0.2) is 72.3 Å². The molecule has 8 aliphatic rings. The van der Waals surface area contributed by atoms with Gasteiger partial charge in [-0.1, -0.05) is 135 Å². The van der Waals surface area contributed by atoms with Crippen LogP contribution in [0.1, 0.15) is 180 Å². The molecule has 7 nitrogen and oxygen atoms in total. The van der Waals surface area contributed by atoms with Gasteiger partial charge in [-0.05, 0) is 186 Å². The van der Waals surface area contributed by atoms with E-state index in [0.29, 0.717) is 50.4 Å². The molecule has 74 heavy (non-hydrogen) atoms. The van der Waals surface area contributed by atoms with E-state index in [-0.39, 0.29) is 54.1 Å². The van der Waals surface area contributed by atoms with Crippen molar-refractivity contribution in [3.05, 3.63) is 83.4 Å². The Hall–Kier alpha value is -2.74. The first-order valence-electron chi connectivity index (χ1n) is 29.6. The fraction of sp³-hybridized carbons (Fsp3) is 0.723. The lowest BCUT2D eigenvalue weighted by Crippen LogP contribution is -2.79. The van der Waals surface area contributed by atoms with Crippen LogP contribution in [0.3, 0.4) is 0 Å². The Balaban J connectivity index is 1.12. The van der Waals surface area contributed by atoms with Crippen LogP contribution in [-0.4, -0.2) is 69.3 Å². The maximum absolute atomic E-state index is 16.3. The molecule has 3 N–H and O–H groups in total. The van der Waals surface area contributed by atoms with E-state index < -0.39 is 51.5 Å². The molecule has 3 aliphatic heterocycles. The Labute approximate surface area is 453 Å². The highest BCUT2D eigenvalue weighted by molar-refractivity contribution is 8.76. The monoisotopic (exact) mass is 1050 g/mol. The van der Waals surface area contributed by atoms with E-state index in [1.54, 1.807) is 6.08 Å². The van der Waals surface area contributed by atoms with Crippen molar-refractivity contribution in [3.8, 4) is 11.8 Å². The number of aliphatic hydroxyl groups excluding tert-OH is 2. The zero-order chi connectivity index (χ0) is 51.8. The van der Waals surface area contributed by atoms with Crippen molar-refractivity contribution < 1.29 is 34.4 Å². The third kappa shape index (κ3) is 10.2.